The van der Waals surface area contributed by atoms with Crippen molar-refractivity contribution in [3.63, 3.8) is 0 Å². The maximum atomic E-state index is 12.8. The summed E-state index contributed by atoms with van der Waals surface area (Å²) in [5.74, 6) is -0.170. The molecule has 1 aromatic rings. The molecule has 3 nitrogen and oxygen atoms in total. The van der Waals surface area contributed by atoms with E-state index in [1.165, 1.54) is 12.1 Å². The summed E-state index contributed by atoms with van der Waals surface area (Å²) in [6, 6.07) is 6.05. The van der Waals surface area contributed by atoms with Gasteiger partial charge in [0.15, 0.2) is 0 Å². The molecule has 4 heteroatoms. The summed E-state index contributed by atoms with van der Waals surface area (Å²) in [5, 5.41) is 3.28. The Balaban J connectivity index is 2.10. The van der Waals surface area contributed by atoms with Crippen LogP contribution in [-0.2, 0) is 11.2 Å². The molecule has 17 heavy (non-hydrogen) atoms. The van der Waals surface area contributed by atoms with Gasteiger partial charge >= 0.3 is 0 Å². The molecule has 1 fully saturated rings. The molecule has 92 valence electrons. The lowest BCUT2D eigenvalue weighted by atomic mass is 10.1. The summed E-state index contributed by atoms with van der Waals surface area (Å²) >= 11 is 0. The van der Waals surface area contributed by atoms with Crippen LogP contribution in [0.3, 0.4) is 0 Å². The summed E-state index contributed by atoms with van der Waals surface area (Å²) in [6.45, 7) is 3.94. The van der Waals surface area contributed by atoms with Gasteiger partial charge in [0.25, 0.3) is 0 Å². The van der Waals surface area contributed by atoms with E-state index in [1.54, 1.807) is 24.1 Å². The van der Waals surface area contributed by atoms with Gasteiger partial charge in [-0.2, -0.15) is 0 Å². The van der Waals surface area contributed by atoms with Crippen LogP contribution >= 0.6 is 0 Å². The van der Waals surface area contributed by atoms with Gasteiger partial charge in [0.1, 0.15) is 5.82 Å². The van der Waals surface area contributed by atoms with Crippen LogP contribution in [-0.4, -0.2) is 29.6 Å². The Morgan fingerprint density at radius 1 is 1.35 bits per heavy atom. The predicted octanol–water partition coefficient (Wildman–Crippen LogP) is 1.53. The van der Waals surface area contributed by atoms with E-state index >= 15 is 0 Å². The third kappa shape index (κ3) is 2.31. The van der Waals surface area contributed by atoms with Crippen molar-refractivity contribution in [2.24, 2.45) is 0 Å². The third-order valence-electron chi connectivity index (χ3n) is 3.35. The van der Waals surface area contributed by atoms with Gasteiger partial charge in [-0.05, 0) is 38.0 Å². The molecule has 1 N–H and O–H groups in total. The number of nitrogens with one attached hydrogen (secondary N) is 1. The summed E-state index contributed by atoms with van der Waals surface area (Å²) in [6.07, 6.45) is 0.590. The molecule has 1 atom stereocenters. The summed E-state index contributed by atoms with van der Waals surface area (Å²) in [4.78, 5) is 13.7. The molecule has 1 amide bonds. The molecule has 0 unspecified atom stereocenters. The van der Waals surface area contributed by atoms with Crippen molar-refractivity contribution in [3.05, 3.63) is 35.6 Å². The number of carbonyl (C=O) groups is 1. The number of hydrogen-bond donors (Lipinski definition) is 1. The van der Waals surface area contributed by atoms with Crippen LogP contribution in [0.2, 0.25) is 0 Å². The Morgan fingerprint density at radius 3 is 2.41 bits per heavy atom. The van der Waals surface area contributed by atoms with Crippen LogP contribution in [0.4, 0.5) is 4.39 Å². The van der Waals surface area contributed by atoms with Crippen LogP contribution in [0, 0.1) is 5.82 Å². The lowest BCUT2D eigenvalue weighted by molar-refractivity contribution is -0.129. The first-order valence-corrected chi connectivity index (χ1v) is 5.70. The second-order valence-corrected chi connectivity index (χ2v) is 4.98. The molecule has 0 aliphatic carbocycles. The maximum Gasteiger partial charge on any atom is 0.241 e. The quantitative estimate of drug-likeness (QED) is 0.844. The Kier molecular flexibility index (Phi) is 2.91. The SMILES string of the molecule is CN1C(=O)[C@H](Cc2ccc(F)cc2)NC1(C)C. The number of rotatable bonds is 2. The second kappa shape index (κ2) is 4.11. The molecular weight excluding hydrogens is 219 g/mol. The van der Waals surface area contributed by atoms with Gasteiger partial charge in [-0.1, -0.05) is 12.1 Å². The lowest BCUT2D eigenvalue weighted by Gasteiger charge is -2.27. The first-order valence-electron chi connectivity index (χ1n) is 5.70. The van der Waals surface area contributed by atoms with E-state index in [9.17, 15) is 9.18 Å². The minimum Gasteiger partial charge on any atom is -0.327 e. The number of carbonyl (C=O) groups excluding carboxylic acids is 1. The van der Waals surface area contributed by atoms with E-state index in [-0.39, 0.29) is 23.4 Å². The fourth-order valence-electron chi connectivity index (χ4n) is 2.09. The smallest absolute Gasteiger partial charge is 0.241 e. The highest BCUT2D eigenvalue weighted by Crippen LogP contribution is 2.21. The molecular formula is C13H17FN2O. The highest BCUT2D eigenvalue weighted by molar-refractivity contribution is 5.85. The average molecular weight is 236 g/mol. The molecule has 2 rings (SSSR count). The fraction of sp³-hybridized carbons (Fsp3) is 0.462. The number of amides is 1. The average Bonchev–Trinajstić information content (AvgIpc) is 2.46. The van der Waals surface area contributed by atoms with E-state index < -0.39 is 0 Å². The van der Waals surface area contributed by atoms with Gasteiger partial charge in [0.2, 0.25) is 5.91 Å². The molecule has 1 saturated heterocycles. The first-order chi connectivity index (χ1) is 7.90. The molecule has 1 heterocycles. The van der Waals surface area contributed by atoms with Crippen molar-refractivity contribution < 1.29 is 9.18 Å². The van der Waals surface area contributed by atoms with Crippen LogP contribution in [0.15, 0.2) is 24.3 Å². The summed E-state index contributed by atoms with van der Waals surface area (Å²) in [5.41, 5.74) is 0.644. The highest BCUT2D eigenvalue weighted by Gasteiger charge is 2.41. The Bertz CT molecular complexity index is 428. The van der Waals surface area contributed by atoms with E-state index in [1.807, 2.05) is 13.8 Å². The highest BCUT2D eigenvalue weighted by atomic mass is 19.1. The van der Waals surface area contributed by atoms with Gasteiger partial charge < -0.3 is 4.90 Å². The minimum atomic E-state index is -0.318. The molecule has 0 spiro atoms. The number of nitrogens with zero attached hydrogens (tertiary/aromatic N) is 1. The molecule has 1 aromatic carbocycles. The molecule has 1 aliphatic rings. The number of hydrogen-bond acceptors (Lipinski definition) is 2. The summed E-state index contributed by atoms with van der Waals surface area (Å²) in [7, 11) is 1.79. The van der Waals surface area contributed by atoms with Crippen molar-refractivity contribution in [3.8, 4) is 0 Å². The third-order valence-corrected chi connectivity index (χ3v) is 3.35. The van der Waals surface area contributed by atoms with Crippen molar-refractivity contribution in [1.29, 1.82) is 0 Å². The van der Waals surface area contributed by atoms with Gasteiger partial charge in [-0.15, -0.1) is 0 Å². The first kappa shape index (κ1) is 12.0. The maximum absolute atomic E-state index is 12.8. The van der Waals surface area contributed by atoms with E-state index in [0.717, 1.165) is 5.56 Å². The zero-order valence-electron chi connectivity index (χ0n) is 10.3. The Hall–Kier alpha value is -1.42. The number of benzene rings is 1. The van der Waals surface area contributed by atoms with Crippen molar-refractivity contribution in [1.82, 2.24) is 10.2 Å². The van der Waals surface area contributed by atoms with Gasteiger partial charge in [0.05, 0.1) is 11.7 Å². The van der Waals surface area contributed by atoms with Crippen molar-refractivity contribution in [2.45, 2.75) is 32.0 Å². The molecule has 0 saturated carbocycles. The van der Waals surface area contributed by atoms with E-state index in [4.69, 9.17) is 0 Å². The van der Waals surface area contributed by atoms with Gasteiger partial charge in [-0.25, -0.2) is 4.39 Å². The van der Waals surface area contributed by atoms with Gasteiger partial charge in [-0.3, -0.25) is 10.1 Å². The van der Waals surface area contributed by atoms with Crippen LogP contribution in [0.1, 0.15) is 19.4 Å². The van der Waals surface area contributed by atoms with Gasteiger partial charge in [0, 0.05) is 7.05 Å². The lowest BCUT2D eigenvalue weighted by Crippen LogP contribution is -2.45. The monoisotopic (exact) mass is 236 g/mol. The summed E-state index contributed by atoms with van der Waals surface area (Å²) < 4.78 is 12.8. The molecule has 1 aliphatic heterocycles. The van der Waals surface area contributed by atoms with Crippen LogP contribution < -0.4 is 5.32 Å². The fourth-order valence-corrected chi connectivity index (χ4v) is 2.09. The molecule has 0 radical (unpaired) electrons. The van der Waals surface area contributed by atoms with Crippen LogP contribution in [0.25, 0.3) is 0 Å². The zero-order valence-corrected chi connectivity index (χ0v) is 10.3. The standard InChI is InChI=1S/C13H17FN2O/c1-13(2)15-11(12(17)16(13)3)8-9-4-6-10(14)7-5-9/h4-7,11,15H,8H2,1-3H3/t11-/m0/s1. The van der Waals surface area contributed by atoms with Crippen molar-refractivity contribution >= 4 is 5.91 Å². The minimum absolute atomic E-state index is 0.0827. The molecule has 0 aromatic heterocycles. The largest absolute Gasteiger partial charge is 0.327 e. The second-order valence-electron chi connectivity index (χ2n) is 4.98. The predicted molar refractivity (Wildman–Crippen MR) is 63.9 cm³/mol. The Morgan fingerprint density at radius 2 is 1.94 bits per heavy atom. The molecule has 0 bridgehead atoms. The van der Waals surface area contributed by atoms with E-state index in [2.05, 4.69) is 5.32 Å². The van der Waals surface area contributed by atoms with E-state index in [0.29, 0.717) is 6.42 Å². The topological polar surface area (TPSA) is 32.3 Å². The normalized spacial score (nSPS) is 23.2. The Labute approximate surface area is 101 Å². The van der Waals surface area contributed by atoms with Crippen LogP contribution in [0.5, 0.6) is 0 Å². The number of likely N-dealkylation sites (N-methyl/N-ethyl adjacent to an activating group) is 1. The van der Waals surface area contributed by atoms with Crippen molar-refractivity contribution in [2.75, 3.05) is 7.05 Å². The number of halogens is 1. The zero-order chi connectivity index (χ0) is 12.6.